The number of aromatic nitrogens is 12. The Bertz CT molecular complexity index is 3540. The Morgan fingerprint density at radius 3 is 1.02 bits per heavy atom. The lowest BCUT2D eigenvalue weighted by molar-refractivity contribution is -0.663. The third-order valence-electron chi connectivity index (χ3n) is 14.8. The zero-order valence-electron chi connectivity index (χ0n) is 68.8. The molecule has 12 nitrogen and oxygen atoms in total. The van der Waals surface area contributed by atoms with Crippen LogP contribution in [-0.4, -0.2) is 34.9 Å². The van der Waals surface area contributed by atoms with Crippen LogP contribution >= 0.6 is 0 Å². The number of rotatable bonds is 4. The fourth-order valence-corrected chi connectivity index (χ4v) is 10.1. The fourth-order valence-electron chi connectivity index (χ4n) is 10.1. The minimum atomic E-state index is 0.943. The predicted octanol–water partition coefficient (Wildman–Crippen LogP) is 21.5. The van der Waals surface area contributed by atoms with Crippen LogP contribution in [0.3, 0.4) is 0 Å². The van der Waals surface area contributed by atoms with Crippen LogP contribution < -0.4 is 22.8 Å². The quantitative estimate of drug-likeness (QED) is 0.127. The standard InChI is InChI=1S/C23H24N.C12H13N2.3C11H12N3.10C2H6/c1-13-9-7-10-18-20(13)23-19(11-8-12-24(23)6)22-17(5)15(3)14(2)16(4)21(18)22;1-10-6-3-4-7-11(10)12-13-8-5-9-14(12)2;1-9-8-12-6-4-10(9)11-13-5-3-7-14(11)2;1-9-4-6-12-8-10(9)11-13-5-3-7-14(11)2;1-9-10(5-3-6-12-9)11-13-7-4-8-14(11)2;10*1-2/h7-12H,1-6H3;3-9H,1-2H3;3*3-8H,1-2H3;10*1-2H3/q5*+1;;;;;;;;;;. The van der Waals surface area contributed by atoms with Gasteiger partial charge in [0.2, 0.25) is 5.52 Å². The summed E-state index contributed by atoms with van der Waals surface area (Å²) in [5.41, 5.74) is 17.4. The Balaban J connectivity index is -0.00000112. The molecule has 4 aromatic carbocycles. The summed E-state index contributed by atoms with van der Waals surface area (Å²) in [6.07, 6.45) is 26.4. The average Bonchev–Trinajstić information content (AvgIpc) is 0.717. The summed E-state index contributed by atoms with van der Waals surface area (Å²) in [5, 5.41) is 6.96. The topological polar surface area (TPSA) is 110 Å². The van der Waals surface area contributed by atoms with Gasteiger partial charge in [-0.15, -0.1) is 0 Å². The molecule has 12 aromatic rings. The highest BCUT2D eigenvalue weighted by atomic mass is 15.0. The molecule has 0 aliphatic rings. The van der Waals surface area contributed by atoms with Gasteiger partial charge in [-0.05, 0) is 179 Å². The van der Waals surface area contributed by atoms with Crippen molar-refractivity contribution < 1.29 is 22.8 Å². The van der Waals surface area contributed by atoms with E-state index in [9.17, 15) is 0 Å². The molecule has 0 saturated heterocycles. The first-order valence-electron chi connectivity index (χ1n) is 36.8. The van der Waals surface area contributed by atoms with Crippen LogP contribution in [0.5, 0.6) is 0 Å². The molecule has 0 spiro atoms. The predicted molar refractivity (Wildman–Crippen MR) is 433 cm³/mol. The summed E-state index contributed by atoms with van der Waals surface area (Å²) in [6.45, 7) is 59.5. The Kier molecular flexibility index (Phi) is 52.6. The highest BCUT2D eigenvalue weighted by Gasteiger charge is 2.22. The second kappa shape index (κ2) is 55.5. The van der Waals surface area contributed by atoms with Crippen LogP contribution in [0.25, 0.3) is 78.0 Å². The second-order valence-electron chi connectivity index (χ2n) is 20.2. The smallest absolute Gasteiger partial charge is 0.264 e. The van der Waals surface area contributed by atoms with E-state index in [1.165, 1.54) is 77.0 Å². The van der Waals surface area contributed by atoms with E-state index < -0.39 is 0 Å². The minimum Gasteiger partial charge on any atom is -0.264 e. The van der Waals surface area contributed by atoms with Crippen LogP contribution in [0.4, 0.5) is 0 Å². The third kappa shape index (κ3) is 27.0. The van der Waals surface area contributed by atoms with Crippen LogP contribution in [0.15, 0.2) is 190 Å². The van der Waals surface area contributed by atoms with Gasteiger partial charge >= 0.3 is 23.3 Å². The van der Waals surface area contributed by atoms with Crippen molar-refractivity contribution in [3.8, 4) is 45.6 Å². The lowest BCUT2D eigenvalue weighted by Gasteiger charge is -2.18. The van der Waals surface area contributed by atoms with Crippen molar-refractivity contribution in [1.29, 1.82) is 0 Å². The Morgan fingerprint density at radius 1 is 0.240 bits per heavy atom. The van der Waals surface area contributed by atoms with E-state index in [2.05, 4.69) is 144 Å². The molecule has 0 fully saturated rings. The molecule has 0 amide bonds. The van der Waals surface area contributed by atoms with Crippen molar-refractivity contribution in [3.63, 3.8) is 0 Å². The lowest BCUT2D eigenvalue weighted by atomic mass is 9.85. The van der Waals surface area contributed by atoms with Crippen molar-refractivity contribution >= 4 is 32.4 Å². The van der Waals surface area contributed by atoms with E-state index in [1.54, 1.807) is 37.2 Å². The van der Waals surface area contributed by atoms with E-state index in [0.29, 0.717) is 0 Å². The van der Waals surface area contributed by atoms with Gasteiger partial charge in [0.15, 0.2) is 6.20 Å². The van der Waals surface area contributed by atoms with Crippen LogP contribution in [0, 0.1) is 62.3 Å². The van der Waals surface area contributed by atoms with Crippen molar-refractivity contribution in [2.75, 3.05) is 0 Å². The van der Waals surface area contributed by atoms with Crippen molar-refractivity contribution in [2.45, 2.75) is 201 Å². The van der Waals surface area contributed by atoms with Crippen LogP contribution in [0.1, 0.15) is 189 Å². The van der Waals surface area contributed by atoms with E-state index in [1.807, 2.05) is 303 Å². The number of fused-ring (bicyclic) bond motifs is 6. The number of pyridine rings is 4. The van der Waals surface area contributed by atoms with Crippen LogP contribution in [0.2, 0.25) is 0 Å². The number of hydrogen-bond donors (Lipinski definition) is 0. The molecule has 0 unspecified atom stereocenters. The Hall–Kier alpha value is -9.42. The SMILES string of the molecule is CC.CC.CC.CC.CC.CC.CC.CC.CC.CC.Cc1c(C)c(C)c2c3ccc[n+](C)c3c3c(C)cccc3c2c1C.Cc1ccccc1-c1nccc[n+]1C.Cc1ccncc1-c1nccc[n+]1C.Cc1cnccc1-c1nccc[n+]1C.Cc1ncccc1-c1nccc[n+]1C. The zero-order chi connectivity index (χ0) is 77.0. The number of hydrogen-bond acceptors (Lipinski definition) is 7. The maximum Gasteiger partial charge on any atom is 0.331 e. The molecule has 0 bridgehead atoms. The molecule has 8 aromatic heterocycles. The van der Waals surface area contributed by atoms with Gasteiger partial charge in [0.1, 0.15) is 31.8 Å². The molecule has 0 N–H and O–H groups in total. The summed E-state index contributed by atoms with van der Waals surface area (Å²) in [6, 6.07) is 35.0. The summed E-state index contributed by atoms with van der Waals surface area (Å²) < 4.78 is 10.3. The molecule has 8 heterocycles. The van der Waals surface area contributed by atoms with Gasteiger partial charge in [0, 0.05) is 61.3 Å². The van der Waals surface area contributed by atoms with Gasteiger partial charge in [-0.1, -0.05) is 175 Å². The Labute approximate surface area is 608 Å². The molecule has 12 rings (SSSR count). The van der Waals surface area contributed by atoms with Crippen LogP contribution in [-0.2, 0) is 35.2 Å². The number of nitrogens with zero attached hydrogens (tertiary/aromatic N) is 12. The molecule has 0 aliphatic heterocycles. The monoisotopic (exact) mass is 1360 g/mol. The fraction of sp³-hybridized carbons (Fsp3) is 0.386. The third-order valence-corrected chi connectivity index (χ3v) is 14.8. The summed E-state index contributed by atoms with van der Waals surface area (Å²) in [7, 11) is 10.1. The molecule has 0 aliphatic carbocycles. The molecule has 0 radical (unpaired) electrons. The highest BCUT2D eigenvalue weighted by molar-refractivity contribution is 6.26. The Morgan fingerprint density at radius 2 is 0.590 bits per heavy atom. The van der Waals surface area contributed by atoms with E-state index in [0.717, 1.165) is 51.2 Å². The van der Waals surface area contributed by atoms with Gasteiger partial charge in [0.25, 0.3) is 0 Å². The maximum atomic E-state index is 4.37. The van der Waals surface area contributed by atoms with Gasteiger partial charge in [0.05, 0.1) is 91.7 Å². The van der Waals surface area contributed by atoms with Crippen molar-refractivity contribution in [2.24, 2.45) is 35.2 Å². The van der Waals surface area contributed by atoms with Gasteiger partial charge in [-0.2, -0.15) is 0 Å². The first-order chi connectivity index (χ1) is 48.6. The molecule has 0 atom stereocenters. The highest BCUT2D eigenvalue weighted by Crippen LogP contribution is 2.40. The first kappa shape index (κ1) is 94.8. The number of aryl methyl sites for hydroxylation is 12. The van der Waals surface area contributed by atoms with E-state index in [-0.39, 0.29) is 0 Å². The normalized spacial score (nSPS) is 9.10. The molecular weight excluding hydrogens is 1230 g/mol. The number of benzene rings is 4. The molecular formula is C88H133N12+5. The maximum absolute atomic E-state index is 4.37. The van der Waals surface area contributed by atoms with Crippen molar-refractivity contribution in [1.82, 2.24) is 34.9 Å². The summed E-state index contributed by atoms with van der Waals surface area (Å²) in [5.74, 6) is 3.86. The minimum absolute atomic E-state index is 0.943. The largest absolute Gasteiger partial charge is 0.331 e. The lowest BCUT2D eigenvalue weighted by Crippen LogP contribution is -2.31. The molecule has 100 heavy (non-hydrogen) atoms. The zero-order valence-corrected chi connectivity index (χ0v) is 68.8. The van der Waals surface area contributed by atoms with Gasteiger partial charge < -0.3 is 0 Å². The van der Waals surface area contributed by atoms with Gasteiger partial charge in [-0.3, -0.25) is 15.0 Å². The summed E-state index contributed by atoms with van der Waals surface area (Å²) in [4.78, 5) is 29.8. The first-order valence-corrected chi connectivity index (χ1v) is 36.8. The van der Waals surface area contributed by atoms with Crippen molar-refractivity contribution in [3.05, 3.63) is 240 Å². The molecule has 540 valence electrons. The van der Waals surface area contributed by atoms with Gasteiger partial charge in [-0.25, -0.2) is 22.8 Å². The molecule has 12 heteroatoms. The second-order valence-corrected chi connectivity index (χ2v) is 20.2. The summed E-state index contributed by atoms with van der Waals surface area (Å²) >= 11 is 0. The van der Waals surface area contributed by atoms with E-state index in [4.69, 9.17) is 0 Å². The molecule has 0 saturated carbocycles. The average molecular weight is 1360 g/mol. The van der Waals surface area contributed by atoms with E-state index >= 15 is 0 Å².